The Bertz CT molecular complexity index is 612. The maximum Gasteiger partial charge on any atom is 0.246 e. The summed E-state index contributed by atoms with van der Waals surface area (Å²) in [7, 11) is 1.86. The van der Waals surface area contributed by atoms with Gasteiger partial charge in [0.1, 0.15) is 6.54 Å². The van der Waals surface area contributed by atoms with Crippen molar-refractivity contribution in [1.29, 1.82) is 0 Å². The van der Waals surface area contributed by atoms with Gasteiger partial charge in [0.2, 0.25) is 5.91 Å². The molecule has 0 saturated carbocycles. The van der Waals surface area contributed by atoms with Crippen molar-refractivity contribution < 1.29 is 4.79 Å². The van der Waals surface area contributed by atoms with Gasteiger partial charge < -0.3 is 20.0 Å². The standard InChI is InChI=1S/C17H29N7O.HI/c1-3-18-17(19-6-9-22-7-4-5-8-22)23-10-11-24(16(25)14-23)15-12-20-21(2)13-15;/h12-13H,3-11,14H2,1-2H3,(H,18,19);1H. The molecular formula is C17H30IN7O. The Morgan fingerprint density at radius 2 is 2.04 bits per heavy atom. The molecule has 0 unspecified atom stereocenters. The summed E-state index contributed by atoms with van der Waals surface area (Å²) < 4.78 is 1.72. The number of carbonyl (C=O) groups is 1. The molecule has 0 atom stereocenters. The first kappa shape index (κ1) is 20.9. The fourth-order valence-electron chi connectivity index (χ4n) is 3.40. The monoisotopic (exact) mass is 475 g/mol. The minimum absolute atomic E-state index is 0. The molecule has 8 nitrogen and oxygen atoms in total. The molecule has 146 valence electrons. The number of hydrogen-bond acceptors (Lipinski definition) is 4. The van der Waals surface area contributed by atoms with Crippen LogP contribution in [0.2, 0.25) is 0 Å². The fourth-order valence-corrected chi connectivity index (χ4v) is 3.40. The number of nitrogens with one attached hydrogen (secondary N) is 1. The molecule has 2 aliphatic rings. The van der Waals surface area contributed by atoms with Crippen molar-refractivity contribution >= 4 is 41.5 Å². The summed E-state index contributed by atoms with van der Waals surface area (Å²) >= 11 is 0. The SMILES string of the molecule is CCNC(=NCCN1CCCC1)N1CCN(c2cnn(C)c2)C(=O)C1.I. The van der Waals surface area contributed by atoms with Crippen molar-refractivity contribution in [2.45, 2.75) is 19.8 Å². The third kappa shape index (κ3) is 5.32. The van der Waals surface area contributed by atoms with E-state index in [1.807, 2.05) is 13.2 Å². The highest BCUT2D eigenvalue weighted by Gasteiger charge is 2.27. The van der Waals surface area contributed by atoms with Crippen molar-refractivity contribution in [3.63, 3.8) is 0 Å². The van der Waals surface area contributed by atoms with E-state index in [4.69, 9.17) is 4.99 Å². The molecule has 0 bridgehead atoms. The van der Waals surface area contributed by atoms with Crippen LogP contribution >= 0.6 is 24.0 Å². The van der Waals surface area contributed by atoms with E-state index in [9.17, 15) is 4.79 Å². The molecule has 1 amide bonds. The highest BCUT2D eigenvalue weighted by atomic mass is 127. The van der Waals surface area contributed by atoms with E-state index in [0.29, 0.717) is 13.1 Å². The molecule has 3 heterocycles. The number of halogens is 1. The maximum absolute atomic E-state index is 12.6. The molecule has 0 aromatic carbocycles. The lowest BCUT2D eigenvalue weighted by Crippen LogP contribution is -2.55. The van der Waals surface area contributed by atoms with Gasteiger partial charge in [0.15, 0.2) is 5.96 Å². The number of aryl methyl sites for hydroxylation is 1. The molecule has 0 spiro atoms. The van der Waals surface area contributed by atoms with E-state index < -0.39 is 0 Å². The van der Waals surface area contributed by atoms with Crippen LogP contribution in [0.5, 0.6) is 0 Å². The number of rotatable bonds is 5. The van der Waals surface area contributed by atoms with Crippen LogP contribution in [0.25, 0.3) is 0 Å². The molecular weight excluding hydrogens is 445 g/mol. The largest absolute Gasteiger partial charge is 0.357 e. The summed E-state index contributed by atoms with van der Waals surface area (Å²) in [6, 6.07) is 0. The highest BCUT2D eigenvalue weighted by Crippen LogP contribution is 2.16. The van der Waals surface area contributed by atoms with Crippen LogP contribution in [0.3, 0.4) is 0 Å². The van der Waals surface area contributed by atoms with E-state index in [1.165, 1.54) is 25.9 Å². The number of nitrogens with zero attached hydrogens (tertiary/aromatic N) is 6. The number of likely N-dealkylation sites (tertiary alicyclic amines) is 1. The van der Waals surface area contributed by atoms with Crippen molar-refractivity contribution in [3.8, 4) is 0 Å². The Balaban J connectivity index is 0.00000243. The lowest BCUT2D eigenvalue weighted by atomic mass is 10.3. The average Bonchev–Trinajstić information content (AvgIpc) is 3.26. The van der Waals surface area contributed by atoms with Gasteiger partial charge >= 0.3 is 0 Å². The maximum atomic E-state index is 12.6. The van der Waals surface area contributed by atoms with Crippen molar-refractivity contribution in [3.05, 3.63) is 12.4 Å². The van der Waals surface area contributed by atoms with Crippen LogP contribution in [0, 0.1) is 0 Å². The topological polar surface area (TPSA) is 69.0 Å². The van der Waals surface area contributed by atoms with Crippen molar-refractivity contribution in [2.24, 2.45) is 12.0 Å². The minimum Gasteiger partial charge on any atom is -0.357 e. The molecule has 9 heteroatoms. The lowest BCUT2D eigenvalue weighted by molar-refractivity contribution is -0.120. The van der Waals surface area contributed by atoms with Gasteiger partial charge in [0.25, 0.3) is 0 Å². The van der Waals surface area contributed by atoms with Crippen molar-refractivity contribution in [1.82, 2.24) is 24.9 Å². The van der Waals surface area contributed by atoms with Gasteiger partial charge in [-0.3, -0.25) is 14.5 Å². The summed E-state index contributed by atoms with van der Waals surface area (Å²) in [6.07, 6.45) is 6.22. The van der Waals surface area contributed by atoms with Gasteiger partial charge in [-0.05, 0) is 32.9 Å². The lowest BCUT2D eigenvalue weighted by Gasteiger charge is -2.35. The second kappa shape index (κ2) is 10.1. The number of aromatic nitrogens is 2. The molecule has 2 saturated heterocycles. The quantitative estimate of drug-likeness (QED) is 0.387. The number of aliphatic imine (C=N–C) groups is 1. The van der Waals surface area contributed by atoms with Gasteiger partial charge in [-0.2, -0.15) is 5.10 Å². The van der Waals surface area contributed by atoms with E-state index in [1.54, 1.807) is 15.8 Å². The molecule has 1 N–H and O–H groups in total. The van der Waals surface area contributed by atoms with Crippen LogP contribution < -0.4 is 10.2 Å². The minimum atomic E-state index is 0. The molecule has 26 heavy (non-hydrogen) atoms. The number of guanidine groups is 1. The predicted octanol–water partition coefficient (Wildman–Crippen LogP) is 0.748. The molecule has 2 aliphatic heterocycles. The van der Waals surface area contributed by atoms with E-state index in [0.717, 1.165) is 37.8 Å². The van der Waals surface area contributed by atoms with Crippen LogP contribution in [-0.2, 0) is 11.8 Å². The normalized spacial score (nSPS) is 19.0. The Morgan fingerprint density at radius 3 is 2.65 bits per heavy atom. The molecule has 2 fully saturated rings. The van der Waals surface area contributed by atoms with Crippen LogP contribution in [0.1, 0.15) is 19.8 Å². The Kier molecular flexibility index (Phi) is 8.14. The Morgan fingerprint density at radius 1 is 1.27 bits per heavy atom. The zero-order chi connectivity index (χ0) is 17.6. The number of anilines is 1. The smallest absolute Gasteiger partial charge is 0.246 e. The highest BCUT2D eigenvalue weighted by molar-refractivity contribution is 14.0. The van der Waals surface area contributed by atoms with Crippen LogP contribution in [0.15, 0.2) is 17.4 Å². The summed E-state index contributed by atoms with van der Waals surface area (Å²) in [5, 5.41) is 7.48. The number of carbonyl (C=O) groups excluding carboxylic acids is 1. The second-order valence-electron chi connectivity index (χ2n) is 6.62. The number of piperazine rings is 1. The van der Waals surface area contributed by atoms with Gasteiger partial charge in [0, 0.05) is 39.4 Å². The average molecular weight is 475 g/mol. The zero-order valence-electron chi connectivity index (χ0n) is 15.7. The number of hydrogen-bond donors (Lipinski definition) is 1. The molecule has 1 aromatic heterocycles. The van der Waals surface area contributed by atoms with E-state index in [-0.39, 0.29) is 29.9 Å². The van der Waals surface area contributed by atoms with E-state index in [2.05, 4.69) is 27.1 Å². The summed E-state index contributed by atoms with van der Waals surface area (Å²) in [4.78, 5) is 23.6. The Hall–Kier alpha value is -1.36. The molecule has 1 aromatic rings. The molecule has 0 aliphatic carbocycles. The van der Waals surface area contributed by atoms with Crippen molar-refractivity contribution in [2.75, 3.05) is 57.3 Å². The first-order chi connectivity index (χ1) is 12.2. The van der Waals surface area contributed by atoms with Gasteiger partial charge in [-0.1, -0.05) is 0 Å². The fraction of sp³-hybridized carbons (Fsp3) is 0.706. The first-order valence-electron chi connectivity index (χ1n) is 9.22. The van der Waals surface area contributed by atoms with Gasteiger partial charge in [-0.15, -0.1) is 24.0 Å². The predicted molar refractivity (Wildman–Crippen MR) is 114 cm³/mol. The first-order valence-corrected chi connectivity index (χ1v) is 9.22. The van der Waals surface area contributed by atoms with Gasteiger partial charge in [-0.25, -0.2) is 0 Å². The van der Waals surface area contributed by atoms with Crippen LogP contribution in [-0.4, -0.2) is 83.8 Å². The zero-order valence-corrected chi connectivity index (χ0v) is 18.1. The second-order valence-corrected chi connectivity index (χ2v) is 6.62. The third-order valence-electron chi connectivity index (χ3n) is 4.73. The Labute approximate surface area is 172 Å². The molecule has 3 rings (SSSR count). The number of amides is 1. The van der Waals surface area contributed by atoms with Gasteiger partial charge in [0.05, 0.1) is 18.4 Å². The molecule has 0 radical (unpaired) electrons. The summed E-state index contributed by atoms with van der Waals surface area (Å²) in [5.41, 5.74) is 0.864. The summed E-state index contributed by atoms with van der Waals surface area (Å²) in [6.45, 7) is 8.80. The summed E-state index contributed by atoms with van der Waals surface area (Å²) in [5.74, 6) is 0.935. The third-order valence-corrected chi connectivity index (χ3v) is 4.73. The van der Waals surface area contributed by atoms with E-state index >= 15 is 0 Å². The van der Waals surface area contributed by atoms with Crippen LogP contribution in [0.4, 0.5) is 5.69 Å².